The first-order valence-corrected chi connectivity index (χ1v) is 8.18. The molecule has 0 fully saturated rings. The monoisotopic (exact) mass is 375 g/mol. The van der Waals surface area contributed by atoms with E-state index in [1.807, 2.05) is 0 Å². The second-order valence-corrected chi connectivity index (χ2v) is 5.59. The van der Waals surface area contributed by atoms with Crippen LogP contribution < -0.4 is 0 Å². The summed E-state index contributed by atoms with van der Waals surface area (Å²) >= 11 is 0. The molecule has 6 heteroatoms. The number of hydrogen-bond acceptors (Lipinski definition) is 5. The van der Waals surface area contributed by atoms with Crippen LogP contribution in [0.1, 0.15) is 31.8 Å². The third-order valence-corrected chi connectivity index (χ3v) is 3.74. The Labute approximate surface area is 161 Å². The first-order valence-electron chi connectivity index (χ1n) is 8.18. The number of aliphatic imine (C=N–C) groups is 1. The number of amides is 1. The van der Waals surface area contributed by atoms with E-state index in [-0.39, 0.29) is 11.1 Å². The number of ether oxygens (including phenoxy) is 1. The zero-order valence-corrected chi connectivity index (χ0v) is 15.1. The molecule has 0 spiro atoms. The Bertz CT molecular complexity index is 967. The average Bonchev–Trinajstić information content (AvgIpc) is 2.75. The summed E-state index contributed by atoms with van der Waals surface area (Å²) in [5.41, 5.74) is 1.86. The number of carbonyl (C=O) groups excluding carboxylic acids is 4. The van der Waals surface area contributed by atoms with Crippen molar-refractivity contribution in [2.24, 2.45) is 4.99 Å². The number of benzene rings is 2. The van der Waals surface area contributed by atoms with E-state index in [4.69, 9.17) is 0 Å². The molecule has 0 radical (unpaired) electrons. The van der Waals surface area contributed by atoms with Crippen molar-refractivity contribution < 1.29 is 23.9 Å². The molecule has 0 unspecified atom stereocenters. The zero-order chi connectivity index (χ0) is 20.5. The zero-order valence-electron chi connectivity index (χ0n) is 15.1. The molecule has 1 amide bonds. The van der Waals surface area contributed by atoms with Crippen molar-refractivity contribution in [3.8, 4) is 0 Å². The van der Waals surface area contributed by atoms with Crippen LogP contribution in [0.25, 0.3) is 12.2 Å². The summed E-state index contributed by atoms with van der Waals surface area (Å²) in [6, 6.07) is 12.5. The predicted molar refractivity (Wildman–Crippen MR) is 106 cm³/mol. The second kappa shape index (κ2) is 9.68. The van der Waals surface area contributed by atoms with E-state index >= 15 is 0 Å². The van der Waals surface area contributed by atoms with Crippen LogP contribution in [0.4, 0.5) is 0 Å². The van der Waals surface area contributed by atoms with Crippen LogP contribution in [-0.4, -0.2) is 37.3 Å². The number of rotatable bonds is 7. The molecule has 6 nitrogen and oxygen atoms in total. The fraction of sp³-hybridized carbons (Fsp3) is 0.0455. The lowest BCUT2D eigenvalue weighted by Crippen LogP contribution is -2.14. The molecule has 0 N–H and O–H groups in total. The van der Waals surface area contributed by atoms with Gasteiger partial charge in [-0.1, -0.05) is 48.5 Å². The van der Waals surface area contributed by atoms with Gasteiger partial charge in [-0.15, -0.1) is 0 Å². The highest BCUT2D eigenvalue weighted by Gasteiger charge is 2.18. The minimum Gasteiger partial charge on any atom is -0.466 e. The highest BCUT2D eigenvalue weighted by Crippen LogP contribution is 2.12. The van der Waals surface area contributed by atoms with Crippen molar-refractivity contribution in [2.75, 3.05) is 7.11 Å². The van der Waals surface area contributed by atoms with Crippen LogP contribution >= 0.6 is 0 Å². The van der Waals surface area contributed by atoms with Crippen molar-refractivity contribution >= 4 is 42.3 Å². The van der Waals surface area contributed by atoms with E-state index in [1.54, 1.807) is 30.3 Å². The van der Waals surface area contributed by atoms with Crippen molar-refractivity contribution in [1.29, 1.82) is 0 Å². The van der Waals surface area contributed by atoms with E-state index in [2.05, 4.69) is 16.4 Å². The summed E-state index contributed by atoms with van der Waals surface area (Å²) in [5.74, 6) is -2.24. The molecule has 0 bridgehead atoms. The van der Waals surface area contributed by atoms with Crippen LogP contribution in [0.3, 0.4) is 0 Å². The van der Waals surface area contributed by atoms with Crippen molar-refractivity contribution in [3.05, 3.63) is 82.9 Å². The summed E-state index contributed by atoms with van der Waals surface area (Å²) in [4.78, 5) is 50.2. The van der Waals surface area contributed by atoms with Gasteiger partial charge in [0, 0.05) is 23.3 Å². The molecule has 2 aromatic rings. The number of hydrogen-bond donors (Lipinski definition) is 0. The van der Waals surface area contributed by atoms with Gasteiger partial charge in [-0.25, -0.2) is 9.79 Å². The maximum Gasteiger partial charge on any atom is 0.330 e. The summed E-state index contributed by atoms with van der Waals surface area (Å²) in [7, 11) is 1.28. The van der Waals surface area contributed by atoms with Crippen molar-refractivity contribution in [3.63, 3.8) is 0 Å². The molecule has 2 rings (SSSR count). The molecule has 0 atom stereocenters. The van der Waals surface area contributed by atoms with Gasteiger partial charge in [0.05, 0.1) is 7.11 Å². The van der Waals surface area contributed by atoms with Crippen LogP contribution in [-0.2, 0) is 14.3 Å². The molecular weight excluding hydrogens is 358 g/mol. The molecule has 0 aromatic heterocycles. The Balaban J connectivity index is 2.09. The number of nitrogens with zero attached hydrogens (tertiary/aromatic N) is 1. The minimum atomic E-state index is -0.641. The van der Waals surface area contributed by atoms with Crippen molar-refractivity contribution in [2.45, 2.75) is 0 Å². The lowest BCUT2D eigenvalue weighted by molar-refractivity contribution is -0.134. The van der Waals surface area contributed by atoms with E-state index in [9.17, 15) is 19.2 Å². The summed E-state index contributed by atoms with van der Waals surface area (Å²) in [6.07, 6.45) is 5.59. The third kappa shape index (κ3) is 5.54. The summed E-state index contributed by atoms with van der Waals surface area (Å²) in [5, 5.41) is 0. The van der Waals surface area contributed by atoms with Crippen LogP contribution in [0, 0.1) is 0 Å². The largest absolute Gasteiger partial charge is 0.466 e. The smallest absolute Gasteiger partial charge is 0.330 e. The van der Waals surface area contributed by atoms with Crippen LogP contribution in [0.5, 0.6) is 0 Å². The Hall–Kier alpha value is -3.93. The Morgan fingerprint density at radius 1 is 0.786 bits per heavy atom. The molecule has 0 aliphatic carbocycles. The van der Waals surface area contributed by atoms with Gasteiger partial charge in [0.2, 0.25) is 11.6 Å². The molecule has 0 aliphatic rings. The van der Waals surface area contributed by atoms with Gasteiger partial charge >= 0.3 is 5.97 Å². The first-order chi connectivity index (χ1) is 13.4. The normalized spacial score (nSPS) is 10.8. The SMILES string of the molecule is C=NC(=O)/C=C/c1ccc(C(=O)C(=O)c2ccc(/C=C/C(=O)OC)cc2)cc1. The number of Topliss-reactive ketones (excluding diaryl/α,β-unsaturated/α-hetero) is 2. The number of esters is 1. The highest BCUT2D eigenvalue weighted by atomic mass is 16.5. The minimum absolute atomic E-state index is 0.241. The number of methoxy groups -OCH3 is 1. The number of ketones is 2. The maximum atomic E-state index is 12.4. The van der Waals surface area contributed by atoms with E-state index in [0.29, 0.717) is 11.1 Å². The fourth-order valence-corrected chi connectivity index (χ4v) is 2.21. The quantitative estimate of drug-likeness (QED) is 0.244. The molecule has 0 aliphatic heterocycles. The van der Waals surface area contributed by atoms with Crippen molar-refractivity contribution in [1.82, 2.24) is 0 Å². The average molecular weight is 375 g/mol. The highest BCUT2D eigenvalue weighted by molar-refractivity contribution is 6.49. The Kier molecular flexibility index (Phi) is 7.05. The Morgan fingerprint density at radius 3 is 1.61 bits per heavy atom. The van der Waals surface area contributed by atoms with E-state index in [0.717, 1.165) is 0 Å². The van der Waals surface area contributed by atoms with E-state index in [1.165, 1.54) is 49.6 Å². The van der Waals surface area contributed by atoms with Gasteiger partial charge in [0.1, 0.15) is 0 Å². The standard InChI is InChI=1S/C22H17NO5/c1-23-19(24)13-7-15-3-9-17(10-4-15)21(26)22(27)18-11-5-16(6-12-18)8-14-20(25)28-2/h3-14H,1H2,2H3/b13-7+,14-8+. The predicted octanol–water partition coefficient (Wildman–Crippen LogP) is 3.18. The Morgan fingerprint density at radius 2 is 1.21 bits per heavy atom. The third-order valence-electron chi connectivity index (χ3n) is 3.74. The second-order valence-electron chi connectivity index (χ2n) is 5.59. The molecular formula is C22H17NO5. The summed E-state index contributed by atoms with van der Waals surface area (Å²) in [6.45, 7) is 3.13. The van der Waals surface area contributed by atoms with Gasteiger partial charge in [0.15, 0.2) is 0 Å². The van der Waals surface area contributed by atoms with Crippen LogP contribution in [0.2, 0.25) is 0 Å². The fourth-order valence-electron chi connectivity index (χ4n) is 2.21. The molecule has 140 valence electrons. The maximum absolute atomic E-state index is 12.4. The van der Waals surface area contributed by atoms with Gasteiger partial charge in [-0.05, 0) is 30.0 Å². The summed E-state index contributed by atoms with van der Waals surface area (Å²) < 4.78 is 4.50. The lowest BCUT2D eigenvalue weighted by Gasteiger charge is -2.02. The van der Waals surface area contributed by atoms with Gasteiger partial charge in [-0.2, -0.15) is 0 Å². The molecule has 0 saturated heterocycles. The van der Waals surface area contributed by atoms with Crippen LogP contribution in [0.15, 0.2) is 65.7 Å². The number of carbonyl (C=O) groups is 4. The molecule has 0 saturated carbocycles. The lowest BCUT2D eigenvalue weighted by atomic mass is 9.99. The van der Waals surface area contributed by atoms with Gasteiger partial charge < -0.3 is 4.74 Å². The molecule has 28 heavy (non-hydrogen) atoms. The topological polar surface area (TPSA) is 89.9 Å². The first kappa shape index (κ1) is 20.4. The van der Waals surface area contributed by atoms with E-state index < -0.39 is 23.4 Å². The van der Waals surface area contributed by atoms with Gasteiger partial charge in [-0.3, -0.25) is 14.4 Å². The van der Waals surface area contributed by atoms with Gasteiger partial charge in [0.25, 0.3) is 5.91 Å². The molecule has 0 heterocycles. The molecule has 2 aromatic carbocycles.